The number of pyridine rings is 1. The van der Waals surface area contributed by atoms with Crippen molar-refractivity contribution < 1.29 is 9.53 Å². The molecule has 1 aliphatic heterocycles. The van der Waals surface area contributed by atoms with Crippen LogP contribution in [0, 0.1) is 5.41 Å². The topological polar surface area (TPSA) is 66.5 Å². The molecule has 1 saturated heterocycles. The summed E-state index contributed by atoms with van der Waals surface area (Å²) in [5.74, 6) is 0.463. The van der Waals surface area contributed by atoms with E-state index >= 15 is 0 Å². The van der Waals surface area contributed by atoms with Crippen LogP contribution in [-0.2, 0) is 4.79 Å². The molecule has 0 unspecified atom stereocenters. The molecule has 0 aliphatic carbocycles. The van der Waals surface area contributed by atoms with Crippen molar-refractivity contribution in [1.82, 2.24) is 10.3 Å². The number of amides is 1. The zero-order chi connectivity index (χ0) is 23.8. The number of nitrogens with zero attached hydrogens (tertiary/aromatic N) is 2. The van der Waals surface area contributed by atoms with Gasteiger partial charge in [0.05, 0.1) is 34.9 Å². The Kier molecular flexibility index (Phi) is 6.61. The van der Waals surface area contributed by atoms with Gasteiger partial charge in [-0.1, -0.05) is 38.4 Å². The Morgan fingerprint density at radius 2 is 2.03 bits per heavy atom. The van der Waals surface area contributed by atoms with Gasteiger partial charge in [0.2, 0.25) is 5.91 Å². The predicted molar refractivity (Wildman–Crippen MR) is 138 cm³/mol. The standard InChI is InChI=1S/C24H25ClN4O2S2/c1-24(2,3)22(30)27-15-9-8-14(13-17(15)31-4)29-21(18-10-11-19(25)33-18)20(28-23(29)32)16-7-5-6-12-26-16/h5-13,20-21H,1-4H3,(H,27,30)(H,28,32)/t20-,21+/m1/s1. The lowest BCUT2D eigenvalue weighted by Gasteiger charge is -2.27. The van der Waals surface area contributed by atoms with Gasteiger partial charge in [0, 0.05) is 28.2 Å². The van der Waals surface area contributed by atoms with Gasteiger partial charge in [-0.3, -0.25) is 9.78 Å². The van der Waals surface area contributed by atoms with E-state index in [2.05, 4.69) is 20.5 Å². The van der Waals surface area contributed by atoms with Gasteiger partial charge in [0.25, 0.3) is 0 Å². The molecule has 1 aliphatic rings. The van der Waals surface area contributed by atoms with Gasteiger partial charge >= 0.3 is 0 Å². The highest BCUT2D eigenvalue weighted by atomic mass is 35.5. The Labute approximate surface area is 207 Å². The van der Waals surface area contributed by atoms with Crippen molar-refractivity contribution in [1.29, 1.82) is 0 Å². The molecule has 0 saturated carbocycles. The van der Waals surface area contributed by atoms with Gasteiger partial charge in [0.1, 0.15) is 5.75 Å². The molecule has 9 heteroatoms. The fraction of sp³-hybridized carbons (Fsp3) is 0.292. The molecule has 33 heavy (non-hydrogen) atoms. The molecule has 3 heterocycles. The normalized spacial score (nSPS) is 18.2. The number of carbonyl (C=O) groups excluding carboxylic acids is 1. The molecule has 2 atom stereocenters. The number of thiocarbonyl (C=S) groups is 1. The molecular formula is C24H25ClN4O2S2. The lowest BCUT2D eigenvalue weighted by atomic mass is 9.95. The second-order valence-corrected chi connectivity index (χ2v) is 10.9. The monoisotopic (exact) mass is 500 g/mol. The minimum Gasteiger partial charge on any atom is -0.494 e. The number of methoxy groups -OCH3 is 1. The Hall–Kier alpha value is -2.68. The number of rotatable bonds is 5. The second-order valence-electron chi connectivity index (χ2n) is 8.73. The number of carbonyl (C=O) groups is 1. The molecular weight excluding hydrogens is 476 g/mol. The molecule has 0 radical (unpaired) electrons. The highest BCUT2D eigenvalue weighted by molar-refractivity contribution is 7.80. The van der Waals surface area contributed by atoms with Crippen LogP contribution in [0.3, 0.4) is 0 Å². The number of halogens is 1. The van der Waals surface area contributed by atoms with Crippen LogP contribution < -0.4 is 20.3 Å². The summed E-state index contributed by atoms with van der Waals surface area (Å²) in [6.45, 7) is 5.60. The van der Waals surface area contributed by atoms with Crippen LogP contribution in [0.15, 0.2) is 54.7 Å². The molecule has 1 aromatic carbocycles. The van der Waals surface area contributed by atoms with Crippen molar-refractivity contribution in [3.63, 3.8) is 0 Å². The maximum Gasteiger partial charge on any atom is 0.229 e. The summed E-state index contributed by atoms with van der Waals surface area (Å²) < 4.78 is 6.32. The Morgan fingerprint density at radius 1 is 1.24 bits per heavy atom. The number of ether oxygens (including phenoxy) is 1. The summed E-state index contributed by atoms with van der Waals surface area (Å²) in [7, 11) is 1.58. The molecule has 1 amide bonds. The summed E-state index contributed by atoms with van der Waals surface area (Å²) in [5.41, 5.74) is 1.81. The van der Waals surface area contributed by atoms with Gasteiger partial charge in [-0.15, -0.1) is 11.3 Å². The lowest BCUT2D eigenvalue weighted by Crippen LogP contribution is -2.29. The molecule has 172 valence electrons. The van der Waals surface area contributed by atoms with E-state index in [4.69, 9.17) is 28.6 Å². The minimum atomic E-state index is -0.524. The summed E-state index contributed by atoms with van der Waals surface area (Å²) in [4.78, 5) is 20.2. The molecule has 2 aromatic heterocycles. The van der Waals surface area contributed by atoms with E-state index in [1.165, 1.54) is 11.3 Å². The highest BCUT2D eigenvalue weighted by Crippen LogP contribution is 2.45. The van der Waals surface area contributed by atoms with Gasteiger partial charge < -0.3 is 20.3 Å². The number of anilines is 2. The van der Waals surface area contributed by atoms with Gasteiger partial charge in [0.15, 0.2) is 5.11 Å². The third-order valence-electron chi connectivity index (χ3n) is 5.38. The first-order valence-electron chi connectivity index (χ1n) is 10.4. The van der Waals surface area contributed by atoms with Crippen LogP contribution in [0.4, 0.5) is 11.4 Å². The number of nitrogens with one attached hydrogen (secondary N) is 2. The van der Waals surface area contributed by atoms with E-state index in [9.17, 15) is 4.79 Å². The molecule has 1 fully saturated rings. The first-order chi connectivity index (χ1) is 15.7. The minimum absolute atomic E-state index is 0.0896. The molecule has 0 spiro atoms. The first kappa shape index (κ1) is 23.5. The average molecular weight is 501 g/mol. The SMILES string of the molecule is COc1cc(N2C(=S)N[C@H](c3ccccn3)[C@@H]2c2ccc(Cl)s2)ccc1NC(=O)C(C)(C)C. The van der Waals surface area contributed by atoms with Crippen LogP contribution in [-0.4, -0.2) is 23.1 Å². The number of benzene rings is 1. The van der Waals surface area contributed by atoms with E-state index in [0.717, 1.165) is 16.3 Å². The highest BCUT2D eigenvalue weighted by Gasteiger charge is 2.41. The zero-order valence-corrected chi connectivity index (χ0v) is 21.1. The molecule has 6 nitrogen and oxygen atoms in total. The van der Waals surface area contributed by atoms with E-state index in [1.54, 1.807) is 13.3 Å². The number of hydrogen-bond donors (Lipinski definition) is 2. The average Bonchev–Trinajstić information content (AvgIpc) is 3.36. The first-order valence-corrected chi connectivity index (χ1v) is 12.0. The third kappa shape index (κ3) is 4.83. The van der Waals surface area contributed by atoms with E-state index < -0.39 is 5.41 Å². The molecule has 4 rings (SSSR count). The van der Waals surface area contributed by atoms with Gasteiger partial charge in [-0.05, 0) is 48.6 Å². The van der Waals surface area contributed by atoms with Gasteiger partial charge in [-0.2, -0.15) is 0 Å². The molecule has 2 N–H and O–H groups in total. The van der Waals surface area contributed by atoms with Crippen molar-refractivity contribution in [3.05, 3.63) is 69.6 Å². The number of hydrogen-bond acceptors (Lipinski definition) is 5. The Bertz CT molecular complexity index is 1180. The van der Waals surface area contributed by atoms with Gasteiger partial charge in [-0.25, -0.2) is 0 Å². The quantitative estimate of drug-likeness (QED) is 0.421. The maximum absolute atomic E-state index is 12.5. The molecule has 0 bridgehead atoms. The van der Waals surface area contributed by atoms with Crippen molar-refractivity contribution in [2.24, 2.45) is 5.41 Å². The third-order valence-corrected chi connectivity index (χ3v) is 6.99. The van der Waals surface area contributed by atoms with Crippen LogP contribution in [0.2, 0.25) is 4.34 Å². The van der Waals surface area contributed by atoms with Crippen molar-refractivity contribution in [2.75, 3.05) is 17.3 Å². The van der Waals surface area contributed by atoms with E-state index in [-0.39, 0.29) is 18.0 Å². The van der Waals surface area contributed by atoms with Crippen molar-refractivity contribution in [3.8, 4) is 5.75 Å². The fourth-order valence-electron chi connectivity index (χ4n) is 3.65. The Morgan fingerprint density at radius 3 is 2.64 bits per heavy atom. The lowest BCUT2D eigenvalue weighted by molar-refractivity contribution is -0.123. The zero-order valence-electron chi connectivity index (χ0n) is 18.8. The van der Waals surface area contributed by atoms with Crippen molar-refractivity contribution in [2.45, 2.75) is 32.9 Å². The van der Waals surface area contributed by atoms with E-state index in [0.29, 0.717) is 20.9 Å². The summed E-state index contributed by atoms with van der Waals surface area (Å²) in [6.07, 6.45) is 1.77. The molecule has 3 aromatic rings. The Balaban J connectivity index is 1.74. The predicted octanol–water partition coefficient (Wildman–Crippen LogP) is 5.97. The fourth-order valence-corrected chi connectivity index (χ4v) is 5.19. The van der Waals surface area contributed by atoms with Crippen LogP contribution in [0.1, 0.15) is 43.4 Å². The largest absolute Gasteiger partial charge is 0.494 e. The van der Waals surface area contributed by atoms with Crippen LogP contribution in [0.5, 0.6) is 5.75 Å². The summed E-state index contributed by atoms with van der Waals surface area (Å²) in [6, 6.07) is 15.1. The van der Waals surface area contributed by atoms with E-state index in [1.807, 2.05) is 69.3 Å². The number of thiophene rings is 1. The number of aromatic nitrogens is 1. The summed E-state index contributed by atoms with van der Waals surface area (Å²) >= 11 is 13.6. The van der Waals surface area contributed by atoms with Crippen LogP contribution in [0.25, 0.3) is 0 Å². The summed E-state index contributed by atoms with van der Waals surface area (Å²) in [5, 5.41) is 6.96. The van der Waals surface area contributed by atoms with Crippen LogP contribution >= 0.6 is 35.2 Å². The maximum atomic E-state index is 12.5. The second kappa shape index (κ2) is 9.29. The smallest absolute Gasteiger partial charge is 0.229 e. The van der Waals surface area contributed by atoms with Crippen molar-refractivity contribution >= 4 is 57.5 Å².